The molecule has 1 saturated heterocycles. The monoisotopic (exact) mass is 396 g/mol. The van der Waals surface area contributed by atoms with E-state index in [2.05, 4.69) is 10.2 Å². The first-order valence-corrected chi connectivity index (χ1v) is 9.58. The van der Waals surface area contributed by atoms with Crippen molar-refractivity contribution < 1.29 is 13.9 Å². The zero-order valence-corrected chi connectivity index (χ0v) is 16.3. The lowest BCUT2D eigenvalue weighted by Crippen LogP contribution is -2.36. The molecule has 1 aromatic heterocycles. The van der Waals surface area contributed by atoms with E-state index in [-0.39, 0.29) is 11.7 Å². The number of hydrogen-bond acceptors (Lipinski definition) is 4. The van der Waals surface area contributed by atoms with Gasteiger partial charge in [0, 0.05) is 35.1 Å². The number of hydrogen-bond donors (Lipinski definition) is 1. The predicted octanol–water partition coefficient (Wildman–Crippen LogP) is 5.00. The first kappa shape index (κ1) is 18.6. The Morgan fingerprint density at radius 1 is 1.04 bits per heavy atom. The summed E-state index contributed by atoms with van der Waals surface area (Å²) in [6.45, 7) is 5.18. The highest BCUT2D eigenvalue weighted by Crippen LogP contribution is 2.27. The van der Waals surface area contributed by atoms with Crippen molar-refractivity contribution in [1.29, 1.82) is 0 Å². The van der Waals surface area contributed by atoms with E-state index in [0.717, 1.165) is 48.8 Å². The van der Waals surface area contributed by atoms with Crippen LogP contribution in [0.1, 0.15) is 16.1 Å². The van der Waals surface area contributed by atoms with Gasteiger partial charge in [0.2, 0.25) is 0 Å². The highest BCUT2D eigenvalue weighted by molar-refractivity contribution is 6.31. The quantitative estimate of drug-likeness (QED) is 0.674. The van der Waals surface area contributed by atoms with Crippen molar-refractivity contribution in [3.8, 4) is 11.3 Å². The number of rotatable bonds is 4. The maximum absolute atomic E-state index is 12.5. The lowest BCUT2D eigenvalue weighted by atomic mass is 10.1. The molecule has 6 heteroatoms. The fraction of sp³-hybridized carbons (Fsp3) is 0.227. The smallest absolute Gasteiger partial charge is 0.291 e. The molecule has 5 nitrogen and oxygen atoms in total. The van der Waals surface area contributed by atoms with Crippen LogP contribution < -0.4 is 10.2 Å². The summed E-state index contributed by atoms with van der Waals surface area (Å²) in [7, 11) is 0. The molecular weight excluding hydrogens is 376 g/mol. The Kier molecular flexibility index (Phi) is 5.37. The van der Waals surface area contributed by atoms with Crippen molar-refractivity contribution in [3.63, 3.8) is 0 Å². The Morgan fingerprint density at radius 3 is 2.50 bits per heavy atom. The summed E-state index contributed by atoms with van der Waals surface area (Å²) in [6, 6.07) is 16.9. The first-order valence-electron chi connectivity index (χ1n) is 9.20. The van der Waals surface area contributed by atoms with Crippen LogP contribution in [0.3, 0.4) is 0 Å². The van der Waals surface area contributed by atoms with E-state index in [1.807, 2.05) is 49.4 Å². The number of carbonyl (C=O) groups is 1. The third-order valence-corrected chi connectivity index (χ3v) is 5.19. The van der Waals surface area contributed by atoms with Gasteiger partial charge in [0.05, 0.1) is 13.2 Å². The zero-order valence-electron chi connectivity index (χ0n) is 15.6. The van der Waals surface area contributed by atoms with Gasteiger partial charge in [-0.3, -0.25) is 4.79 Å². The van der Waals surface area contributed by atoms with Crippen LogP contribution in [0.5, 0.6) is 0 Å². The van der Waals surface area contributed by atoms with Crippen LogP contribution in [-0.4, -0.2) is 32.2 Å². The van der Waals surface area contributed by atoms with Gasteiger partial charge in [-0.05, 0) is 55.0 Å². The normalized spacial score (nSPS) is 14.1. The molecule has 28 heavy (non-hydrogen) atoms. The summed E-state index contributed by atoms with van der Waals surface area (Å²) < 4.78 is 11.1. The molecule has 1 aliphatic heterocycles. The molecule has 1 aliphatic rings. The van der Waals surface area contributed by atoms with E-state index in [9.17, 15) is 4.79 Å². The molecule has 3 aromatic rings. The maximum atomic E-state index is 12.5. The number of aryl methyl sites for hydroxylation is 1. The lowest BCUT2D eigenvalue weighted by molar-refractivity contribution is 0.0997. The lowest BCUT2D eigenvalue weighted by Gasteiger charge is -2.28. The molecule has 0 bridgehead atoms. The van der Waals surface area contributed by atoms with Crippen LogP contribution in [0.2, 0.25) is 5.02 Å². The van der Waals surface area contributed by atoms with E-state index in [4.69, 9.17) is 20.8 Å². The molecule has 2 heterocycles. The van der Waals surface area contributed by atoms with Crippen LogP contribution in [0.4, 0.5) is 11.4 Å². The number of carbonyl (C=O) groups excluding carboxylic acids is 1. The van der Waals surface area contributed by atoms with Gasteiger partial charge in [-0.1, -0.05) is 23.7 Å². The number of ether oxygens (including phenoxy) is 1. The fourth-order valence-electron chi connectivity index (χ4n) is 3.13. The van der Waals surface area contributed by atoms with Crippen molar-refractivity contribution >= 4 is 28.9 Å². The second-order valence-corrected chi connectivity index (χ2v) is 7.14. The van der Waals surface area contributed by atoms with E-state index in [0.29, 0.717) is 10.8 Å². The number of anilines is 2. The molecule has 4 rings (SSSR count). The molecule has 0 atom stereocenters. The molecule has 0 aliphatic carbocycles. The molecule has 2 aromatic carbocycles. The Balaban J connectivity index is 1.43. The minimum Gasteiger partial charge on any atom is -0.451 e. The maximum Gasteiger partial charge on any atom is 0.291 e. The summed E-state index contributed by atoms with van der Waals surface area (Å²) in [4.78, 5) is 14.8. The average Bonchev–Trinajstić information content (AvgIpc) is 3.22. The van der Waals surface area contributed by atoms with Gasteiger partial charge >= 0.3 is 0 Å². The van der Waals surface area contributed by atoms with Crippen molar-refractivity contribution in [1.82, 2.24) is 0 Å². The third-order valence-electron chi connectivity index (χ3n) is 4.79. The topological polar surface area (TPSA) is 54.7 Å². The molecule has 0 radical (unpaired) electrons. The number of benzene rings is 2. The minimum atomic E-state index is -0.288. The van der Waals surface area contributed by atoms with E-state index >= 15 is 0 Å². The summed E-state index contributed by atoms with van der Waals surface area (Å²) in [5.41, 5.74) is 3.68. The van der Waals surface area contributed by atoms with Crippen LogP contribution in [0, 0.1) is 6.92 Å². The second kappa shape index (κ2) is 8.09. The Labute approximate surface area is 168 Å². The van der Waals surface area contributed by atoms with Crippen molar-refractivity contribution in [3.05, 3.63) is 70.9 Å². The number of halogens is 1. The van der Waals surface area contributed by atoms with Crippen LogP contribution in [0.15, 0.2) is 59.0 Å². The SMILES string of the molecule is Cc1ccc(-c2ccc(C(=O)Nc3ccc(N4CCOCC4)cc3)o2)cc1Cl. The number of furan rings is 1. The largest absolute Gasteiger partial charge is 0.451 e. The van der Waals surface area contributed by atoms with Crippen molar-refractivity contribution in [2.75, 3.05) is 36.5 Å². The van der Waals surface area contributed by atoms with Gasteiger partial charge in [-0.25, -0.2) is 0 Å². The summed E-state index contributed by atoms with van der Waals surface area (Å²) >= 11 is 6.18. The molecule has 0 spiro atoms. The molecule has 144 valence electrons. The summed E-state index contributed by atoms with van der Waals surface area (Å²) in [5.74, 6) is 0.572. The van der Waals surface area contributed by atoms with E-state index < -0.39 is 0 Å². The van der Waals surface area contributed by atoms with Gasteiger partial charge in [-0.2, -0.15) is 0 Å². The highest BCUT2D eigenvalue weighted by atomic mass is 35.5. The summed E-state index contributed by atoms with van der Waals surface area (Å²) in [6.07, 6.45) is 0. The van der Waals surface area contributed by atoms with Gasteiger partial charge in [0.1, 0.15) is 5.76 Å². The van der Waals surface area contributed by atoms with Crippen molar-refractivity contribution in [2.24, 2.45) is 0 Å². The molecule has 0 unspecified atom stereocenters. The molecule has 0 saturated carbocycles. The van der Waals surface area contributed by atoms with E-state index in [1.54, 1.807) is 12.1 Å². The molecular formula is C22H21ClN2O3. The molecule has 1 N–H and O–H groups in total. The van der Waals surface area contributed by atoms with Crippen LogP contribution in [-0.2, 0) is 4.74 Å². The average molecular weight is 397 g/mol. The number of nitrogens with one attached hydrogen (secondary N) is 1. The number of morpholine rings is 1. The van der Waals surface area contributed by atoms with Crippen LogP contribution >= 0.6 is 11.6 Å². The predicted molar refractivity (Wildman–Crippen MR) is 111 cm³/mol. The van der Waals surface area contributed by atoms with Gasteiger partial charge < -0.3 is 19.4 Å². The Morgan fingerprint density at radius 2 is 1.79 bits per heavy atom. The van der Waals surface area contributed by atoms with Crippen molar-refractivity contribution in [2.45, 2.75) is 6.92 Å². The number of amides is 1. The van der Waals surface area contributed by atoms with E-state index in [1.165, 1.54) is 0 Å². The minimum absolute atomic E-state index is 0.254. The third kappa shape index (κ3) is 4.06. The fourth-order valence-corrected chi connectivity index (χ4v) is 3.31. The van der Waals surface area contributed by atoms with Gasteiger partial charge in [0.15, 0.2) is 5.76 Å². The molecule has 1 fully saturated rings. The Bertz CT molecular complexity index is 976. The van der Waals surface area contributed by atoms with Gasteiger partial charge in [-0.15, -0.1) is 0 Å². The summed E-state index contributed by atoms with van der Waals surface area (Å²) in [5, 5.41) is 3.54. The first-order chi connectivity index (χ1) is 13.6. The van der Waals surface area contributed by atoms with Gasteiger partial charge in [0.25, 0.3) is 5.91 Å². The standard InChI is InChI=1S/C22H21ClN2O3/c1-15-2-3-16(14-19(15)23)20-8-9-21(28-20)22(26)24-17-4-6-18(7-5-17)25-10-12-27-13-11-25/h2-9,14H,10-13H2,1H3,(H,24,26). The highest BCUT2D eigenvalue weighted by Gasteiger charge is 2.14. The molecule has 1 amide bonds. The number of nitrogens with zero attached hydrogens (tertiary/aromatic N) is 1. The Hall–Kier alpha value is -2.76. The zero-order chi connectivity index (χ0) is 19.5. The second-order valence-electron chi connectivity index (χ2n) is 6.73. The van der Waals surface area contributed by atoms with Crippen LogP contribution in [0.25, 0.3) is 11.3 Å².